The van der Waals surface area contributed by atoms with Crippen LogP contribution in [0.25, 0.3) is 0 Å². The van der Waals surface area contributed by atoms with Crippen LogP contribution in [0.2, 0.25) is 0 Å². The van der Waals surface area contributed by atoms with Crippen molar-refractivity contribution in [3.8, 4) is 0 Å². The second kappa shape index (κ2) is 5.04. The summed E-state index contributed by atoms with van der Waals surface area (Å²) >= 11 is 0. The van der Waals surface area contributed by atoms with Gasteiger partial charge in [0.1, 0.15) is 11.6 Å². The van der Waals surface area contributed by atoms with Gasteiger partial charge in [-0.25, -0.2) is 8.78 Å². The summed E-state index contributed by atoms with van der Waals surface area (Å²) in [7, 11) is 0. The van der Waals surface area contributed by atoms with E-state index < -0.39 is 23.0 Å². The highest BCUT2D eigenvalue weighted by molar-refractivity contribution is 6.09. The van der Waals surface area contributed by atoms with E-state index in [1.54, 1.807) is 18.2 Å². The average Bonchev–Trinajstić information content (AvgIpc) is 2.46. The molecular formula is C16H13F2NO. The van der Waals surface area contributed by atoms with Gasteiger partial charge in [-0.05, 0) is 48.7 Å². The van der Waals surface area contributed by atoms with E-state index in [2.05, 4.69) is 5.32 Å². The third kappa shape index (κ3) is 2.18. The molecule has 102 valence electrons. The van der Waals surface area contributed by atoms with Gasteiger partial charge in [0.25, 0.3) is 0 Å². The first-order valence-corrected chi connectivity index (χ1v) is 6.52. The maximum absolute atomic E-state index is 13.7. The number of ketones is 1. The van der Waals surface area contributed by atoms with Crippen molar-refractivity contribution in [3.05, 3.63) is 64.7 Å². The number of halogens is 2. The molecule has 4 heteroatoms. The van der Waals surface area contributed by atoms with Crippen LogP contribution in [0.4, 0.5) is 14.5 Å². The van der Waals surface area contributed by atoms with Crippen LogP contribution < -0.4 is 5.32 Å². The van der Waals surface area contributed by atoms with Crippen molar-refractivity contribution in [2.75, 3.05) is 11.9 Å². The predicted molar refractivity (Wildman–Crippen MR) is 73.0 cm³/mol. The summed E-state index contributed by atoms with van der Waals surface area (Å²) in [5, 5.41) is 3.23. The van der Waals surface area contributed by atoms with Crippen molar-refractivity contribution in [2.24, 2.45) is 0 Å². The van der Waals surface area contributed by atoms with E-state index in [-0.39, 0.29) is 0 Å². The van der Waals surface area contributed by atoms with Crippen molar-refractivity contribution in [3.63, 3.8) is 0 Å². The number of aryl methyl sites for hydroxylation is 1. The number of benzene rings is 2. The topological polar surface area (TPSA) is 29.1 Å². The van der Waals surface area contributed by atoms with Crippen LogP contribution in [0.15, 0.2) is 36.4 Å². The molecule has 20 heavy (non-hydrogen) atoms. The summed E-state index contributed by atoms with van der Waals surface area (Å²) in [6.45, 7) is 0.905. The Bertz CT molecular complexity index is 662. The zero-order chi connectivity index (χ0) is 14.1. The van der Waals surface area contributed by atoms with Crippen molar-refractivity contribution >= 4 is 11.5 Å². The van der Waals surface area contributed by atoms with Gasteiger partial charge >= 0.3 is 0 Å². The molecule has 0 saturated carbocycles. The number of nitrogens with one attached hydrogen (secondary N) is 1. The van der Waals surface area contributed by atoms with Crippen LogP contribution in [-0.2, 0) is 6.42 Å². The number of carbonyl (C=O) groups excluding carboxylic acids is 1. The van der Waals surface area contributed by atoms with E-state index in [0.717, 1.165) is 42.8 Å². The Morgan fingerprint density at radius 1 is 1.10 bits per heavy atom. The van der Waals surface area contributed by atoms with Crippen LogP contribution in [0.5, 0.6) is 0 Å². The smallest absolute Gasteiger partial charge is 0.198 e. The second-order valence-electron chi connectivity index (χ2n) is 4.83. The van der Waals surface area contributed by atoms with Crippen molar-refractivity contribution in [2.45, 2.75) is 12.8 Å². The Morgan fingerprint density at radius 2 is 1.85 bits per heavy atom. The van der Waals surface area contributed by atoms with E-state index in [1.165, 1.54) is 6.07 Å². The van der Waals surface area contributed by atoms with Crippen LogP contribution in [0, 0.1) is 11.6 Å². The second-order valence-corrected chi connectivity index (χ2v) is 4.83. The van der Waals surface area contributed by atoms with Crippen molar-refractivity contribution in [1.82, 2.24) is 0 Å². The highest BCUT2D eigenvalue weighted by atomic mass is 19.1. The SMILES string of the molecule is O=C(c1ccc2c(c1)CCCN2)c1c(F)cccc1F. The van der Waals surface area contributed by atoms with E-state index in [0.29, 0.717) is 5.56 Å². The molecule has 0 fully saturated rings. The Labute approximate surface area is 115 Å². The lowest BCUT2D eigenvalue weighted by Crippen LogP contribution is -2.13. The van der Waals surface area contributed by atoms with Gasteiger partial charge < -0.3 is 5.32 Å². The number of fused-ring (bicyclic) bond motifs is 1. The van der Waals surface area contributed by atoms with E-state index in [1.807, 2.05) is 0 Å². The van der Waals surface area contributed by atoms with Gasteiger partial charge in [0.05, 0.1) is 5.56 Å². The molecule has 1 aliphatic rings. The summed E-state index contributed by atoms with van der Waals surface area (Å²) in [6.07, 6.45) is 1.85. The molecule has 2 aromatic rings. The minimum atomic E-state index is -0.828. The van der Waals surface area contributed by atoms with Gasteiger partial charge in [-0.1, -0.05) is 6.07 Å². The summed E-state index contributed by atoms with van der Waals surface area (Å²) in [5.41, 5.74) is 1.83. The minimum Gasteiger partial charge on any atom is -0.385 e. The fourth-order valence-electron chi connectivity index (χ4n) is 2.48. The zero-order valence-corrected chi connectivity index (χ0v) is 10.7. The van der Waals surface area contributed by atoms with Gasteiger partial charge in [-0.15, -0.1) is 0 Å². The molecule has 3 rings (SSSR count). The molecule has 0 aromatic heterocycles. The molecule has 0 amide bonds. The lowest BCUT2D eigenvalue weighted by atomic mass is 9.96. The Balaban J connectivity index is 2.03. The monoisotopic (exact) mass is 273 g/mol. The molecule has 0 aliphatic carbocycles. The maximum atomic E-state index is 13.7. The third-order valence-electron chi connectivity index (χ3n) is 3.50. The molecule has 2 nitrogen and oxygen atoms in total. The average molecular weight is 273 g/mol. The first-order chi connectivity index (χ1) is 9.66. The summed E-state index contributed by atoms with van der Waals surface area (Å²) in [4.78, 5) is 12.3. The fraction of sp³-hybridized carbons (Fsp3) is 0.188. The molecule has 0 bridgehead atoms. The van der Waals surface area contributed by atoms with Gasteiger partial charge in [-0.2, -0.15) is 0 Å². The number of anilines is 1. The van der Waals surface area contributed by atoms with Gasteiger partial charge in [0, 0.05) is 17.8 Å². The normalized spacial score (nSPS) is 13.5. The Morgan fingerprint density at radius 3 is 2.60 bits per heavy atom. The number of hydrogen-bond donors (Lipinski definition) is 1. The maximum Gasteiger partial charge on any atom is 0.198 e. The highest BCUT2D eigenvalue weighted by Gasteiger charge is 2.20. The number of rotatable bonds is 2. The Hall–Kier alpha value is -2.23. The molecule has 0 saturated heterocycles. The van der Waals surface area contributed by atoms with Crippen LogP contribution in [0.3, 0.4) is 0 Å². The molecular weight excluding hydrogens is 260 g/mol. The van der Waals surface area contributed by atoms with Crippen LogP contribution >= 0.6 is 0 Å². The third-order valence-corrected chi connectivity index (χ3v) is 3.50. The molecule has 0 radical (unpaired) electrons. The van der Waals surface area contributed by atoms with Gasteiger partial charge in [0.15, 0.2) is 5.78 Å². The van der Waals surface area contributed by atoms with Crippen molar-refractivity contribution < 1.29 is 13.6 Å². The molecule has 2 aromatic carbocycles. The first-order valence-electron chi connectivity index (χ1n) is 6.52. The minimum absolute atomic E-state index is 0.316. The quantitative estimate of drug-likeness (QED) is 0.848. The number of hydrogen-bond acceptors (Lipinski definition) is 2. The molecule has 0 spiro atoms. The molecule has 0 unspecified atom stereocenters. The zero-order valence-electron chi connectivity index (χ0n) is 10.7. The summed E-state index contributed by atoms with van der Waals surface area (Å²) < 4.78 is 27.3. The molecule has 1 aliphatic heterocycles. The standard InChI is InChI=1S/C16H13F2NO/c17-12-4-1-5-13(18)15(12)16(20)11-6-7-14-10(9-11)3-2-8-19-14/h1,4-7,9,19H,2-3,8H2. The summed E-state index contributed by atoms with van der Waals surface area (Å²) in [5.74, 6) is -2.27. The van der Waals surface area contributed by atoms with E-state index in [9.17, 15) is 13.6 Å². The largest absolute Gasteiger partial charge is 0.385 e. The lowest BCUT2D eigenvalue weighted by molar-refractivity contribution is 0.103. The highest BCUT2D eigenvalue weighted by Crippen LogP contribution is 2.25. The molecule has 1 heterocycles. The van der Waals surface area contributed by atoms with Gasteiger partial charge in [-0.3, -0.25) is 4.79 Å². The van der Waals surface area contributed by atoms with Crippen LogP contribution in [-0.4, -0.2) is 12.3 Å². The van der Waals surface area contributed by atoms with E-state index >= 15 is 0 Å². The lowest BCUT2D eigenvalue weighted by Gasteiger charge is -2.18. The van der Waals surface area contributed by atoms with E-state index in [4.69, 9.17) is 0 Å². The van der Waals surface area contributed by atoms with Gasteiger partial charge in [0.2, 0.25) is 0 Å². The fourth-order valence-corrected chi connectivity index (χ4v) is 2.48. The summed E-state index contributed by atoms with van der Waals surface area (Å²) in [6, 6.07) is 8.55. The van der Waals surface area contributed by atoms with Crippen LogP contribution in [0.1, 0.15) is 27.9 Å². The Kier molecular flexibility index (Phi) is 3.22. The molecule has 0 atom stereocenters. The van der Waals surface area contributed by atoms with Crippen molar-refractivity contribution in [1.29, 1.82) is 0 Å². The predicted octanol–water partition coefficient (Wildman–Crippen LogP) is 3.55. The first kappa shape index (κ1) is 12.8. The molecule has 1 N–H and O–H groups in total. The number of carbonyl (C=O) groups is 1.